The van der Waals surface area contributed by atoms with Crippen LogP contribution < -0.4 is 56.9 Å². The van der Waals surface area contributed by atoms with Crippen molar-refractivity contribution in [1.29, 1.82) is 0 Å². The van der Waals surface area contributed by atoms with Gasteiger partial charge in [0, 0.05) is 6.54 Å². The van der Waals surface area contributed by atoms with Gasteiger partial charge in [-0.05, 0) is 13.8 Å². The molecule has 0 rings (SSSR count). The van der Waals surface area contributed by atoms with Crippen LogP contribution in [-0.2, 0) is 9.63 Å². The number of carbonyl (C=O) groups is 1. The molecule has 6 heteroatoms. The van der Waals surface area contributed by atoms with Crippen LogP contribution in [0.5, 0.6) is 0 Å². The van der Waals surface area contributed by atoms with Crippen LogP contribution >= 0.6 is 0 Å². The van der Waals surface area contributed by atoms with Gasteiger partial charge in [0.25, 0.3) is 0 Å². The number of carboxylic acid groups (broad SMARTS) is 1. The van der Waals surface area contributed by atoms with Gasteiger partial charge >= 0.3 is 63.3 Å². The molecule has 0 aliphatic carbocycles. The molecule has 3 N–H and O–H groups in total. The summed E-state index contributed by atoms with van der Waals surface area (Å²) in [4.78, 5) is 14.6. The van der Waals surface area contributed by atoms with Gasteiger partial charge in [0.05, 0.1) is 0 Å². The second-order valence-electron chi connectivity index (χ2n) is 1.84. The summed E-state index contributed by atoms with van der Waals surface area (Å²) in [5.41, 5.74) is 2.08. The Morgan fingerprint density at radius 2 is 2.08 bits per heavy atom. The summed E-state index contributed by atoms with van der Waals surface area (Å²) in [6.45, 7) is 3.48. The standard InChI is InChI=1S/C6H11NO4.K.H/c1-3-7-11-6(10)4(2)5(8)9;;/h7,10H,3H2,1-2H3,(H,8,9);;/q;+1;-1. The third kappa shape index (κ3) is 5.98. The predicted molar refractivity (Wildman–Crippen MR) is 38.8 cm³/mol. The Labute approximate surface area is 115 Å². The van der Waals surface area contributed by atoms with Crippen LogP contribution in [0.4, 0.5) is 0 Å². The van der Waals surface area contributed by atoms with Gasteiger partial charge in [-0.3, -0.25) is 0 Å². The second-order valence-corrected chi connectivity index (χ2v) is 1.84. The minimum atomic E-state index is -1.21. The zero-order valence-electron chi connectivity index (χ0n) is 8.42. The first-order valence-corrected chi connectivity index (χ1v) is 3.12. The van der Waals surface area contributed by atoms with E-state index in [-0.39, 0.29) is 58.4 Å². The number of hydroxylamine groups is 1. The zero-order valence-corrected chi connectivity index (χ0v) is 10.5. The van der Waals surface area contributed by atoms with E-state index in [0.717, 1.165) is 0 Å². The molecule has 0 amide bonds. The van der Waals surface area contributed by atoms with E-state index < -0.39 is 11.9 Å². The monoisotopic (exact) mass is 201 g/mol. The van der Waals surface area contributed by atoms with Crippen LogP contribution in [-0.4, -0.2) is 22.7 Å². The molecular weight excluding hydrogens is 189 g/mol. The summed E-state index contributed by atoms with van der Waals surface area (Å²) in [6, 6.07) is 0. The van der Waals surface area contributed by atoms with Crippen LogP contribution in [0.15, 0.2) is 11.5 Å². The maximum absolute atomic E-state index is 10.2. The van der Waals surface area contributed by atoms with Crippen molar-refractivity contribution < 1.29 is 72.7 Å². The SMILES string of the molecule is CCNOC(O)=C(C)C(=O)O.[H-].[K+]. The van der Waals surface area contributed by atoms with Crippen molar-refractivity contribution in [3.05, 3.63) is 11.5 Å². The van der Waals surface area contributed by atoms with Crippen LogP contribution in [0.1, 0.15) is 15.3 Å². The van der Waals surface area contributed by atoms with Crippen molar-refractivity contribution in [3.63, 3.8) is 0 Å². The van der Waals surface area contributed by atoms with Crippen LogP contribution in [0.25, 0.3) is 0 Å². The van der Waals surface area contributed by atoms with Gasteiger partial charge in [-0.15, -0.1) is 0 Å². The first-order valence-electron chi connectivity index (χ1n) is 3.12. The van der Waals surface area contributed by atoms with E-state index in [1.165, 1.54) is 6.92 Å². The molecule has 0 aliphatic heterocycles. The Hall–Kier alpha value is 0.406. The summed E-state index contributed by atoms with van der Waals surface area (Å²) in [7, 11) is 0. The van der Waals surface area contributed by atoms with Crippen molar-refractivity contribution in [1.82, 2.24) is 5.48 Å². The van der Waals surface area contributed by atoms with Crippen molar-refractivity contribution in [2.45, 2.75) is 13.8 Å². The fourth-order valence-electron chi connectivity index (χ4n) is 0.309. The van der Waals surface area contributed by atoms with Gasteiger partial charge in [-0.25, -0.2) is 4.79 Å². The van der Waals surface area contributed by atoms with Gasteiger partial charge in [-0.2, -0.15) is 5.48 Å². The fourth-order valence-corrected chi connectivity index (χ4v) is 0.309. The van der Waals surface area contributed by atoms with Crippen molar-refractivity contribution >= 4 is 5.97 Å². The average Bonchev–Trinajstić information content (AvgIpc) is 1.98. The average molecular weight is 201 g/mol. The van der Waals surface area contributed by atoms with E-state index in [4.69, 9.17) is 10.2 Å². The van der Waals surface area contributed by atoms with E-state index in [1.54, 1.807) is 6.92 Å². The Kier molecular flexibility index (Phi) is 9.97. The molecule has 0 aliphatic rings. The molecule has 66 valence electrons. The Bertz CT molecular complexity index is 185. The van der Waals surface area contributed by atoms with E-state index in [1.807, 2.05) is 0 Å². The van der Waals surface area contributed by atoms with Crippen LogP contribution in [0, 0.1) is 0 Å². The maximum atomic E-state index is 10.2. The maximum Gasteiger partial charge on any atom is 1.00 e. The van der Waals surface area contributed by atoms with Gasteiger partial charge in [0.15, 0.2) is 0 Å². The predicted octanol–water partition coefficient (Wildman–Crippen LogP) is -2.48. The summed E-state index contributed by atoms with van der Waals surface area (Å²) in [5, 5.41) is 17.2. The fraction of sp³-hybridized carbons (Fsp3) is 0.500. The summed E-state index contributed by atoms with van der Waals surface area (Å²) in [5.74, 6) is -1.82. The molecule has 0 saturated heterocycles. The normalized spacial score (nSPS) is 11.2. The van der Waals surface area contributed by atoms with Gasteiger partial charge in [0.1, 0.15) is 5.57 Å². The van der Waals surface area contributed by atoms with Crippen molar-refractivity contribution in [3.8, 4) is 0 Å². The summed E-state index contributed by atoms with van der Waals surface area (Å²) in [6.07, 6.45) is 0. The van der Waals surface area contributed by atoms with E-state index in [2.05, 4.69) is 10.3 Å². The molecule has 0 aromatic carbocycles. The Balaban J connectivity index is -0.000000500. The van der Waals surface area contributed by atoms with Gasteiger partial charge < -0.3 is 16.5 Å². The van der Waals surface area contributed by atoms with E-state index in [9.17, 15) is 4.79 Å². The molecule has 0 aromatic rings. The number of aliphatic hydroxyl groups is 1. The van der Waals surface area contributed by atoms with Gasteiger partial charge in [-0.1, -0.05) is 0 Å². The molecule has 12 heavy (non-hydrogen) atoms. The largest absolute Gasteiger partial charge is 1.00 e. The third-order valence-corrected chi connectivity index (χ3v) is 0.955. The number of carboxylic acids is 1. The smallest absolute Gasteiger partial charge is 1.00 e. The molecule has 0 atom stereocenters. The van der Waals surface area contributed by atoms with E-state index >= 15 is 0 Å². The molecular formula is C6H12KNO4. The van der Waals surface area contributed by atoms with Crippen LogP contribution in [0.2, 0.25) is 0 Å². The first kappa shape index (κ1) is 14.9. The molecule has 0 spiro atoms. The minimum absolute atomic E-state index is 0. The number of hydrogen-bond donors (Lipinski definition) is 3. The minimum Gasteiger partial charge on any atom is -1.00 e. The molecule has 0 fully saturated rings. The van der Waals surface area contributed by atoms with Gasteiger partial charge in [0.2, 0.25) is 0 Å². The number of aliphatic carboxylic acids is 1. The topological polar surface area (TPSA) is 78.8 Å². The van der Waals surface area contributed by atoms with E-state index in [0.29, 0.717) is 6.54 Å². The molecule has 5 nitrogen and oxygen atoms in total. The van der Waals surface area contributed by atoms with Crippen LogP contribution in [0.3, 0.4) is 0 Å². The van der Waals surface area contributed by atoms with Crippen molar-refractivity contribution in [2.24, 2.45) is 0 Å². The molecule has 0 unspecified atom stereocenters. The Morgan fingerprint density at radius 3 is 2.42 bits per heavy atom. The molecule has 0 saturated carbocycles. The number of rotatable bonds is 4. The second kappa shape index (κ2) is 8.03. The first-order chi connectivity index (χ1) is 5.09. The van der Waals surface area contributed by atoms with Crippen molar-refractivity contribution in [2.75, 3.05) is 6.54 Å². The summed E-state index contributed by atoms with van der Waals surface area (Å²) < 4.78 is 0. The Morgan fingerprint density at radius 1 is 1.58 bits per heavy atom. The third-order valence-electron chi connectivity index (χ3n) is 0.955. The molecule has 0 heterocycles. The molecule has 0 radical (unpaired) electrons. The molecule has 0 bridgehead atoms. The number of hydrogen-bond acceptors (Lipinski definition) is 4. The zero-order chi connectivity index (χ0) is 8.85. The number of nitrogens with one attached hydrogen (secondary N) is 1. The quantitative estimate of drug-likeness (QED) is 0.203. The summed E-state index contributed by atoms with van der Waals surface area (Å²) >= 11 is 0. The number of aliphatic hydroxyl groups excluding tert-OH is 1. The molecule has 0 aromatic heterocycles.